The van der Waals surface area contributed by atoms with Gasteiger partial charge in [0, 0.05) is 38.9 Å². The molecular weight excluding hydrogens is 673 g/mol. The number of fused-ring (bicyclic) bond motifs is 6. The highest BCUT2D eigenvalue weighted by molar-refractivity contribution is 6.00. The van der Waals surface area contributed by atoms with Gasteiger partial charge in [0.2, 0.25) is 5.95 Å². The summed E-state index contributed by atoms with van der Waals surface area (Å²) >= 11 is 0. The van der Waals surface area contributed by atoms with E-state index in [0.29, 0.717) is 11.9 Å². The van der Waals surface area contributed by atoms with E-state index in [2.05, 4.69) is 173 Å². The molecule has 2 aromatic heterocycles. The lowest BCUT2D eigenvalue weighted by molar-refractivity contribution is 0.477. The van der Waals surface area contributed by atoms with Gasteiger partial charge in [-0.15, -0.1) is 0 Å². The van der Waals surface area contributed by atoms with E-state index in [9.17, 15) is 0 Å². The third-order valence-corrected chi connectivity index (χ3v) is 10.9. The maximum atomic E-state index is 6.55. The van der Waals surface area contributed by atoms with Gasteiger partial charge < -0.3 is 9.64 Å². The number of aromatic nitrogens is 3. The Bertz CT molecular complexity index is 2920. The Hall–Kier alpha value is -7.24. The molecular formula is C50H34N4O. The summed E-state index contributed by atoms with van der Waals surface area (Å²) in [6, 6.07) is 54.9. The molecule has 11 rings (SSSR count). The molecule has 6 aromatic carbocycles. The molecule has 0 N–H and O–H groups in total. The van der Waals surface area contributed by atoms with Crippen molar-refractivity contribution in [1.29, 1.82) is 0 Å². The van der Waals surface area contributed by atoms with Crippen LogP contribution in [0, 0.1) is 5.92 Å². The standard InChI is InChI=1S/C50H34N4O/c1-4-16-34(17-5-1)41-32-42(35-18-6-2-7-19-35)52-50(51-41)54-44-29-27-33-15-10-11-22-38(33)48(44)40-24-14-23-39(49(40)54)36-28-30-47-45(31-36)53(37-20-8-3-9-21-37)43-25-12-13-26-46(43)55-47/h1-26,28-33H,27H2. The summed E-state index contributed by atoms with van der Waals surface area (Å²) in [7, 11) is 0. The average molecular weight is 707 g/mol. The molecule has 0 saturated carbocycles. The molecule has 0 fully saturated rings. The van der Waals surface area contributed by atoms with Gasteiger partial charge in [-0.3, -0.25) is 4.57 Å². The van der Waals surface area contributed by atoms with Crippen LogP contribution in [0.25, 0.3) is 62.1 Å². The Labute approximate surface area is 318 Å². The molecule has 0 amide bonds. The summed E-state index contributed by atoms with van der Waals surface area (Å²) in [4.78, 5) is 13.1. The molecule has 0 saturated heterocycles. The fourth-order valence-corrected chi connectivity index (χ4v) is 8.42. The average Bonchev–Trinajstić information content (AvgIpc) is 3.61. The first kappa shape index (κ1) is 31.3. The molecule has 8 aromatic rings. The molecule has 0 radical (unpaired) electrons. The first-order valence-electron chi connectivity index (χ1n) is 18.8. The maximum absolute atomic E-state index is 6.55. The van der Waals surface area contributed by atoms with Gasteiger partial charge in [0.25, 0.3) is 0 Å². The van der Waals surface area contributed by atoms with Crippen molar-refractivity contribution in [3.8, 4) is 51.1 Å². The van der Waals surface area contributed by atoms with Crippen LogP contribution in [0.4, 0.5) is 17.1 Å². The van der Waals surface area contributed by atoms with E-state index >= 15 is 0 Å². The highest BCUT2D eigenvalue weighted by Crippen LogP contribution is 2.51. The first-order valence-corrected chi connectivity index (χ1v) is 18.8. The van der Waals surface area contributed by atoms with E-state index in [1.807, 2.05) is 24.3 Å². The Morgan fingerprint density at radius 3 is 2.04 bits per heavy atom. The van der Waals surface area contributed by atoms with Crippen LogP contribution in [-0.4, -0.2) is 14.5 Å². The second-order valence-corrected chi connectivity index (χ2v) is 14.1. The van der Waals surface area contributed by atoms with Gasteiger partial charge in [-0.05, 0) is 60.0 Å². The van der Waals surface area contributed by atoms with Crippen LogP contribution in [0.15, 0.2) is 182 Å². The Morgan fingerprint density at radius 2 is 1.27 bits per heavy atom. The number of allylic oxidation sites excluding steroid dienone is 4. The second-order valence-electron chi connectivity index (χ2n) is 14.1. The summed E-state index contributed by atoms with van der Waals surface area (Å²) < 4.78 is 8.86. The summed E-state index contributed by atoms with van der Waals surface area (Å²) in [5.41, 5.74) is 11.5. The molecule has 3 heterocycles. The number of nitrogens with zero attached hydrogens (tertiary/aromatic N) is 4. The van der Waals surface area contributed by atoms with Gasteiger partial charge in [-0.2, -0.15) is 0 Å². The van der Waals surface area contributed by atoms with E-state index in [1.54, 1.807) is 0 Å². The summed E-state index contributed by atoms with van der Waals surface area (Å²) in [5.74, 6) is 2.60. The molecule has 3 aliphatic rings. The highest BCUT2D eigenvalue weighted by Gasteiger charge is 2.28. The van der Waals surface area contributed by atoms with Crippen molar-refractivity contribution in [2.24, 2.45) is 5.92 Å². The van der Waals surface area contributed by atoms with Crippen molar-refractivity contribution >= 4 is 39.6 Å². The summed E-state index contributed by atoms with van der Waals surface area (Å²) in [6.45, 7) is 0. The molecule has 1 aliphatic heterocycles. The quantitative estimate of drug-likeness (QED) is 0.179. The molecule has 1 atom stereocenters. The number of hydrogen-bond acceptors (Lipinski definition) is 4. The first-order chi connectivity index (χ1) is 27.3. The Balaban J connectivity index is 1.21. The molecule has 5 nitrogen and oxygen atoms in total. The molecule has 260 valence electrons. The molecule has 1 unspecified atom stereocenters. The smallest absolute Gasteiger partial charge is 0.235 e. The Morgan fingerprint density at radius 1 is 0.582 bits per heavy atom. The highest BCUT2D eigenvalue weighted by atomic mass is 16.5. The number of benzene rings is 6. The number of anilines is 3. The number of hydrogen-bond donors (Lipinski definition) is 0. The SMILES string of the molecule is C1=CC2=c3c(n(-c4nc(-c5ccccc5)cc(-c5ccccc5)n4)c4c(-c5ccc6c(c5)N(c5ccccc5)c5ccccc5O6)cccc34)=CCC2C=C1. The van der Waals surface area contributed by atoms with Crippen molar-refractivity contribution in [3.63, 3.8) is 0 Å². The fraction of sp³-hybridized carbons (Fsp3) is 0.0400. The van der Waals surface area contributed by atoms with Gasteiger partial charge in [-0.25, -0.2) is 9.97 Å². The van der Waals surface area contributed by atoms with E-state index in [1.165, 1.54) is 16.2 Å². The van der Waals surface area contributed by atoms with E-state index in [-0.39, 0.29) is 0 Å². The van der Waals surface area contributed by atoms with Gasteiger partial charge in [0.1, 0.15) is 0 Å². The number of para-hydroxylation sites is 4. The van der Waals surface area contributed by atoms with Crippen molar-refractivity contribution in [1.82, 2.24) is 14.5 Å². The normalized spacial score (nSPS) is 15.1. The molecule has 55 heavy (non-hydrogen) atoms. The molecule has 5 heteroatoms. The van der Waals surface area contributed by atoms with Crippen LogP contribution in [0.1, 0.15) is 6.42 Å². The van der Waals surface area contributed by atoms with Crippen LogP contribution in [0.2, 0.25) is 0 Å². The predicted molar refractivity (Wildman–Crippen MR) is 223 cm³/mol. The minimum absolute atomic E-state index is 0.317. The zero-order valence-electron chi connectivity index (χ0n) is 29.9. The van der Waals surface area contributed by atoms with E-state index in [0.717, 1.165) is 79.5 Å². The Kier molecular flexibility index (Phi) is 7.24. The van der Waals surface area contributed by atoms with Gasteiger partial charge in [-0.1, -0.05) is 146 Å². The zero-order valence-corrected chi connectivity index (χ0v) is 29.9. The fourth-order valence-electron chi connectivity index (χ4n) is 8.42. The van der Waals surface area contributed by atoms with E-state index in [4.69, 9.17) is 14.7 Å². The van der Waals surface area contributed by atoms with Gasteiger partial charge in [0.05, 0.1) is 33.6 Å². The van der Waals surface area contributed by atoms with Crippen molar-refractivity contribution in [2.45, 2.75) is 6.42 Å². The molecule has 0 spiro atoms. The lowest BCUT2D eigenvalue weighted by Gasteiger charge is -2.33. The molecule has 2 aliphatic carbocycles. The lowest BCUT2D eigenvalue weighted by atomic mass is 9.86. The largest absolute Gasteiger partial charge is 0.453 e. The van der Waals surface area contributed by atoms with E-state index < -0.39 is 0 Å². The minimum Gasteiger partial charge on any atom is -0.453 e. The van der Waals surface area contributed by atoms with Crippen molar-refractivity contribution < 1.29 is 4.74 Å². The summed E-state index contributed by atoms with van der Waals surface area (Å²) in [6.07, 6.45) is 12.2. The summed E-state index contributed by atoms with van der Waals surface area (Å²) in [5, 5.41) is 3.54. The van der Waals surface area contributed by atoms with Crippen LogP contribution in [0.5, 0.6) is 11.5 Å². The monoisotopic (exact) mass is 706 g/mol. The van der Waals surface area contributed by atoms with Crippen molar-refractivity contribution in [2.75, 3.05) is 4.90 Å². The third kappa shape index (κ3) is 5.16. The number of rotatable bonds is 5. The number of ether oxygens (including phenoxy) is 1. The van der Waals surface area contributed by atoms with Crippen LogP contribution >= 0.6 is 0 Å². The second kappa shape index (κ2) is 12.7. The van der Waals surface area contributed by atoms with Crippen molar-refractivity contribution in [3.05, 3.63) is 193 Å². The van der Waals surface area contributed by atoms with Gasteiger partial charge in [0.15, 0.2) is 11.5 Å². The maximum Gasteiger partial charge on any atom is 0.235 e. The molecule has 0 bridgehead atoms. The predicted octanol–water partition coefficient (Wildman–Crippen LogP) is 11.1. The topological polar surface area (TPSA) is 43.2 Å². The van der Waals surface area contributed by atoms with Gasteiger partial charge >= 0.3 is 0 Å². The van der Waals surface area contributed by atoms with Crippen LogP contribution in [-0.2, 0) is 0 Å². The minimum atomic E-state index is 0.317. The third-order valence-electron chi connectivity index (χ3n) is 10.9. The zero-order chi connectivity index (χ0) is 36.3. The van der Waals surface area contributed by atoms with Crippen LogP contribution in [0.3, 0.4) is 0 Å². The lowest BCUT2D eigenvalue weighted by Crippen LogP contribution is -2.35. The van der Waals surface area contributed by atoms with Crippen LogP contribution < -0.4 is 20.2 Å².